The van der Waals surface area contributed by atoms with Gasteiger partial charge in [-0.3, -0.25) is 4.98 Å². The van der Waals surface area contributed by atoms with Crippen LogP contribution in [0.1, 0.15) is 11.1 Å². The molecule has 4 rings (SSSR count). The number of hydrogen-bond acceptors (Lipinski definition) is 1. The van der Waals surface area contributed by atoms with Crippen LogP contribution in [0.5, 0.6) is 0 Å². The van der Waals surface area contributed by atoms with E-state index in [2.05, 4.69) is 79.1 Å². The minimum absolute atomic E-state index is 1.04. The highest BCUT2D eigenvalue weighted by Gasteiger charge is 2.14. The van der Waals surface area contributed by atoms with Gasteiger partial charge in [0.1, 0.15) is 7.05 Å². The molecule has 0 amide bonds. The van der Waals surface area contributed by atoms with Crippen LogP contribution in [0.2, 0.25) is 0 Å². The van der Waals surface area contributed by atoms with Gasteiger partial charge < -0.3 is 0 Å². The van der Waals surface area contributed by atoms with Crippen molar-refractivity contribution in [2.24, 2.45) is 7.05 Å². The van der Waals surface area contributed by atoms with Crippen molar-refractivity contribution >= 4 is 21.7 Å². The Balaban J connectivity index is 2.09. The predicted octanol–water partition coefficient (Wildman–Crippen LogP) is 4.50. The molecule has 23 heavy (non-hydrogen) atoms. The molecule has 2 heterocycles. The molecule has 0 saturated heterocycles. The molecule has 0 saturated carbocycles. The first-order chi connectivity index (χ1) is 11.1. The van der Waals surface area contributed by atoms with Crippen molar-refractivity contribution in [2.75, 3.05) is 0 Å². The maximum absolute atomic E-state index is 4.58. The van der Waals surface area contributed by atoms with Gasteiger partial charge in [0.25, 0.3) is 0 Å². The molecule has 0 atom stereocenters. The number of rotatable bonds is 1. The summed E-state index contributed by atoms with van der Waals surface area (Å²) >= 11 is 0. The first kappa shape index (κ1) is 13.9. The largest absolute Gasteiger partial charge is 0.256 e. The van der Waals surface area contributed by atoms with Crippen LogP contribution in [-0.4, -0.2) is 4.98 Å². The third kappa shape index (κ3) is 2.27. The van der Waals surface area contributed by atoms with Gasteiger partial charge in [0.15, 0.2) is 6.20 Å². The Labute approximate surface area is 136 Å². The maximum Gasteiger partial charge on any atom is 0.212 e. The number of benzene rings is 2. The van der Waals surface area contributed by atoms with E-state index in [0.29, 0.717) is 0 Å². The van der Waals surface area contributed by atoms with E-state index in [-0.39, 0.29) is 0 Å². The lowest BCUT2D eigenvalue weighted by atomic mass is 9.97. The fourth-order valence-electron chi connectivity index (χ4n) is 3.24. The molecule has 0 aliphatic rings. The number of hydrogen-bond donors (Lipinski definition) is 0. The third-order valence-corrected chi connectivity index (χ3v) is 4.51. The Hall–Kier alpha value is -2.74. The minimum Gasteiger partial charge on any atom is -0.256 e. The summed E-state index contributed by atoms with van der Waals surface area (Å²) in [4.78, 5) is 4.58. The molecule has 4 aromatic rings. The lowest BCUT2D eigenvalue weighted by molar-refractivity contribution is -0.660. The summed E-state index contributed by atoms with van der Waals surface area (Å²) in [5, 5.41) is 3.67. The molecule has 0 fully saturated rings. The standard InChI is InChI=1S/C21H19N2/c1-14-8-9-23(3)21(10-14)18-12-19-16(11-15(18)2)13-22-20-7-5-4-6-17(19)20/h4-13H,1-3H3/q+1. The summed E-state index contributed by atoms with van der Waals surface area (Å²) in [5.74, 6) is 0. The molecule has 112 valence electrons. The lowest BCUT2D eigenvalue weighted by Gasteiger charge is -2.09. The van der Waals surface area contributed by atoms with Gasteiger partial charge >= 0.3 is 0 Å². The summed E-state index contributed by atoms with van der Waals surface area (Å²) in [6.45, 7) is 4.31. The van der Waals surface area contributed by atoms with Crippen molar-refractivity contribution in [2.45, 2.75) is 13.8 Å². The van der Waals surface area contributed by atoms with Crippen LogP contribution in [-0.2, 0) is 7.05 Å². The molecule has 0 N–H and O–H groups in total. The molecule has 0 aliphatic heterocycles. The second-order valence-corrected chi connectivity index (χ2v) is 6.23. The number of aromatic nitrogens is 2. The van der Waals surface area contributed by atoms with Gasteiger partial charge in [0.05, 0.1) is 5.52 Å². The zero-order valence-electron chi connectivity index (χ0n) is 13.7. The van der Waals surface area contributed by atoms with Crippen molar-refractivity contribution in [3.8, 4) is 11.3 Å². The Morgan fingerprint density at radius 2 is 1.74 bits per heavy atom. The number of aryl methyl sites for hydroxylation is 3. The fraction of sp³-hybridized carbons (Fsp3) is 0.143. The molecule has 0 unspecified atom stereocenters. The lowest BCUT2D eigenvalue weighted by Crippen LogP contribution is -2.30. The number of pyridine rings is 2. The Bertz CT molecular complexity index is 1050. The van der Waals surface area contributed by atoms with Crippen LogP contribution in [0, 0.1) is 13.8 Å². The van der Waals surface area contributed by atoms with Crippen molar-refractivity contribution in [3.05, 3.63) is 72.1 Å². The summed E-state index contributed by atoms with van der Waals surface area (Å²) in [7, 11) is 2.10. The molecule has 2 aromatic heterocycles. The van der Waals surface area contributed by atoms with Gasteiger partial charge in [-0.05, 0) is 48.6 Å². The van der Waals surface area contributed by atoms with E-state index in [1.165, 1.54) is 38.5 Å². The smallest absolute Gasteiger partial charge is 0.212 e. The Morgan fingerprint density at radius 1 is 0.913 bits per heavy atom. The zero-order valence-corrected chi connectivity index (χ0v) is 13.7. The Kier molecular flexibility index (Phi) is 3.12. The van der Waals surface area contributed by atoms with E-state index >= 15 is 0 Å². The molecule has 0 bridgehead atoms. The highest BCUT2D eigenvalue weighted by molar-refractivity contribution is 6.07. The first-order valence-corrected chi connectivity index (χ1v) is 7.88. The molecule has 0 spiro atoms. The van der Waals surface area contributed by atoms with Gasteiger partial charge in [0.2, 0.25) is 5.69 Å². The molecule has 2 heteroatoms. The molecule has 2 aromatic carbocycles. The van der Waals surface area contributed by atoms with Crippen molar-refractivity contribution < 1.29 is 4.57 Å². The second-order valence-electron chi connectivity index (χ2n) is 6.23. The van der Waals surface area contributed by atoms with Crippen molar-refractivity contribution in [1.82, 2.24) is 4.98 Å². The van der Waals surface area contributed by atoms with E-state index in [1.54, 1.807) is 0 Å². The quantitative estimate of drug-likeness (QED) is 0.373. The molecular weight excluding hydrogens is 280 g/mol. The topological polar surface area (TPSA) is 16.8 Å². The number of nitrogens with zero attached hydrogens (tertiary/aromatic N) is 2. The van der Waals surface area contributed by atoms with Crippen LogP contribution in [0.25, 0.3) is 32.9 Å². The highest BCUT2D eigenvalue weighted by atomic mass is 14.9. The van der Waals surface area contributed by atoms with Crippen LogP contribution < -0.4 is 4.57 Å². The fourth-order valence-corrected chi connectivity index (χ4v) is 3.24. The van der Waals surface area contributed by atoms with E-state index < -0.39 is 0 Å². The van der Waals surface area contributed by atoms with Crippen LogP contribution in [0.15, 0.2) is 60.9 Å². The third-order valence-electron chi connectivity index (χ3n) is 4.51. The molecule has 2 nitrogen and oxygen atoms in total. The SMILES string of the molecule is Cc1cc[n+](C)c(-c2cc3c(cnc4ccccc43)cc2C)c1. The van der Waals surface area contributed by atoms with Crippen molar-refractivity contribution in [3.63, 3.8) is 0 Å². The van der Waals surface area contributed by atoms with Crippen LogP contribution >= 0.6 is 0 Å². The van der Waals surface area contributed by atoms with E-state index in [0.717, 1.165) is 5.52 Å². The van der Waals surface area contributed by atoms with Crippen LogP contribution in [0.4, 0.5) is 0 Å². The molecule has 0 radical (unpaired) electrons. The van der Waals surface area contributed by atoms with Gasteiger partial charge in [-0.2, -0.15) is 0 Å². The number of para-hydroxylation sites is 1. The minimum atomic E-state index is 1.04. The molecule has 0 aliphatic carbocycles. The monoisotopic (exact) mass is 299 g/mol. The first-order valence-electron chi connectivity index (χ1n) is 7.88. The van der Waals surface area contributed by atoms with Crippen molar-refractivity contribution in [1.29, 1.82) is 0 Å². The summed E-state index contributed by atoms with van der Waals surface area (Å²) < 4.78 is 2.19. The van der Waals surface area contributed by atoms with Crippen LogP contribution in [0.3, 0.4) is 0 Å². The van der Waals surface area contributed by atoms with Gasteiger partial charge in [-0.1, -0.05) is 18.2 Å². The zero-order chi connectivity index (χ0) is 16.0. The summed E-state index contributed by atoms with van der Waals surface area (Å²) in [5.41, 5.74) is 6.11. The summed E-state index contributed by atoms with van der Waals surface area (Å²) in [6, 6.07) is 17.3. The van der Waals surface area contributed by atoms with Gasteiger partial charge in [-0.15, -0.1) is 0 Å². The predicted molar refractivity (Wildman–Crippen MR) is 95.3 cm³/mol. The van der Waals surface area contributed by atoms with E-state index in [9.17, 15) is 0 Å². The molecular formula is C21H19N2+. The van der Waals surface area contributed by atoms with Gasteiger partial charge in [0, 0.05) is 34.7 Å². The van der Waals surface area contributed by atoms with E-state index in [1.807, 2.05) is 12.3 Å². The number of fused-ring (bicyclic) bond motifs is 3. The van der Waals surface area contributed by atoms with Gasteiger partial charge in [-0.25, -0.2) is 4.57 Å². The maximum atomic E-state index is 4.58. The Morgan fingerprint density at radius 3 is 2.61 bits per heavy atom. The summed E-state index contributed by atoms with van der Waals surface area (Å²) in [6.07, 6.45) is 4.10. The highest BCUT2D eigenvalue weighted by Crippen LogP contribution is 2.30. The second kappa shape index (κ2) is 5.17. The average molecular weight is 299 g/mol. The average Bonchev–Trinajstić information content (AvgIpc) is 2.56. The van der Waals surface area contributed by atoms with E-state index in [4.69, 9.17) is 0 Å². The normalized spacial score (nSPS) is 11.3.